The first kappa shape index (κ1) is 24.1. The van der Waals surface area contributed by atoms with Gasteiger partial charge in [-0.3, -0.25) is 9.59 Å². The molecule has 0 unspecified atom stereocenters. The van der Waals surface area contributed by atoms with Crippen LogP contribution in [0.5, 0.6) is 0 Å². The number of thiazole rings is 1. The van der Waals surface area contributed by atoms with Gasteiger partial charge in [-0.15, -0.1) is 11.3 Å². The molecule has 0 radical (unpaired) electrons. The van der Waals surface area contributed by atoms with Crippen LogP contribution in [0.25, 0.3) is 10.2 Å². The predicted octanol–water partition coefficient (Wildman–Crippen LogP) is 5.77. The molecule has 0 saturated heterocycles. The van der Waals surface area contributed by atoms with Crippen LogP contribution in [0.2, 0.25) is 0 Å². The van der Waals surface area contributed by atoms with Gasteiger partial charge in [0.05, 0.1) is 27.0 Å². The summed E-state index contributed by atoms with van der Waals surface area (Å²) in [5.74, 6) is 1.34. The number of anilines is 3. The van der Waals surface area contributed by atoms with E-state index in [2.05, 4.69) is 45.8 Å². The monoisotopic (exact) mass is 479 g/mol. The molecule has 0 atom stereocenters. The predicted molar refractivity (Wildman–Crippen MR) is 139 cm³/mol. The van der Waals surface area contributed by atoms with Crippen molar-refractivity contribution >= 4 is 50.4 Å². The van der Waals surface area contributed by atoms with Crippen molar-refractivity contribution in [3.63, 3.8) is 0 Å². The van der Waals surface area contributed by atoms with E-state index in [1.54, 1.807) is 17.5 Å². The largest absolute Gasteiger partial charge is 0.382 e. The van der Waals surface area contributed by atoms with E-state index in [0.29, 0.717) is 30.3 Å². The van der Waals surface area contributed by atoms with Gasteiger partial charge in [0.2, 0.25) is 5.91 Å². The van der Waals surface area contributed by atoms with Gasteiger partial charge in [0.15, 0.2) is 5.78 Å². The summed E-state index contributed by atoms with van der Waals surface area (Å²) in [4.78, 5) is 34.2. The quantitative estimate of drug-likeness (QED) is 0.337. The van der Waals surface area contributed by atoms with E-state index in [1.165, 1.54) is 0 Å². The Morgan fingerprint density at radius 1 is 1.12 bits per heavy atom. The van der Waals surface area contributed by atoms with Crippen LogP contribution in [-0.4, -0.2) is 34.2 Å². The molecule has 180 valence electrons. The molecule has 4 rings (SSSR count). The molecule has 2 aromatic heterocycles. The Morgan fingerprint density at radius 3 is 2.65 bits per heavy atom. The molecule has 8 heteroatoms. The molecule has 1 saturated carbocycles. The van der Waals surface area contributed by atoms with E-state index in [1.807, 2.05) is 30.6 Å². The Balaban J connectivity index is 1.44. The van der Waals surface area contributed by atoms with E-state index in [4.69, 9.17) is 0 Å². The van der Waals surface area contributed by atoms with Crippen molar-refractivity contribution in [3.8, 4) is 0 Å². The lowest BCUT2D eigenvalue weighted by Gasteiger charge is -2.27. The van der Waals surface area contributed by atoms with Crippen molar-refractivity contribution < 1.29 is 9.59 Å². The first-order valence-corrected chi connectivity index (χ1v) is 13.0. The van der Waals surface area contributed by atoms with Crippen LogP contribution >= 0.6 is 11.3 Å². The zero-order valence-electron chi connectivity index (χ0n) is 20.1. The molecule has 1 aromatic carbocycles. The fourth-order valence-corrected chi connectivity index (χ4v) is 5.29. The highest BCUT2D eigenvalue weighted by atomic mass is 32.1. The maximum absolute atomic E-state index is 13.2. The first-order chi connectivity index (χ1) is 16.4. The number of fused-ring (bicyclic) bond motifs is 1. The molecular formula is C26H33N5O2S. The van der Waals surface area contributed by atoms with Gasteiger partial charge in [0.25, 0.3) is 0 Å². The summed E-state index contributed by atoms with van der Waals surface area (Å²) in [6, 6.07) is 8.12. The summed E-state index contributed by atoms with van der Waals surface area (Å²) in [5, 5.41) is 9.69. The molecule has 1 fully saturated rings. The van der Waals surface area contributed by atoms with Gasteiger partial charge in [-0.1, -0.05) is 0 Å². The number of carbonyl (C=O) groups is 2. The molecule has 2 heterocycles. The molecule has 0 spiro atoms. The number of hydrogen-bond donors (Lipinski definition) is 3. The number of ketones is 1. The van der Waals surface area contributed by atoms with Crippen LogP contribution in [-0.2, 0) is 4.79 Å². The third-order valence-corrected chi connectivity index (χ3v) is 7.09. The normalized spacial score (nSPS) is 18.1. The minimum absolute atomic E-state index is 0.0840. The zero-order chi connectivity index (χ0) is 24.1. The van der Waals surface area contributed by atoms with Crippen LogP contribution in [0.4, 0.5) is 17.2 Å². The molecule has 34 heavy (non-hydrogen) atoms. The van der Waals surface area contributed by atoms with Crippen LogP contribution in [0.1, 0.15) is 63.2 Å². The third-order valence-electron chi connectivity index (χ3n) is 6.29. The molecule has 3 N–H and O–H groups in total. The highest BCUT2D eigenvalue weighted by molar-refractivity contribution is 7.16. The molecule has 0 bridgehead atoms. The van der Waals surface area contributed by atoms with Gasteiger partial charge >= 0.3 is 0 Å². The molecule has 1 aliphatic rings. The second-order valence-electron chi connectivity index (χ2n) is 9.31. The van der Waals surface area contributed by atoms with Gasteiger partial charge in [-0.2, -0.15) is 0 Å². The fourth-order valence-electron chi connectivity index (χ4n) is 4.58. The lowest BCUT2D eigenvalue weighted by atomic mass is 9.79. The van der Waals surface area contributed by atoms with E-state index in [0.717, 1.165) is 47.3 Å². The Bertz CT molecular complexity index is 1150. The second kappa shape index (κ2) is 11.0. The Hall–Kier alpha value is -3.00. The summed E-state index contributed by atoms with van der Waals surface area (Å²) in [6.45, 7) is 6.73. The maximum atomic E-state index is 13.2. The van der Waals surface area contributed by atoms with Crippen molar-refractivity contribution in [1.82, 2.24) is 15.3 Å². The first-order valence-electron chi connectivity index (χ1n) is 12.1. The number of Topliss-reactive ketones (excluding diaryl/α,β-unsaturated/α-hetero) is 1. The van der Waals surface area contributed by atoms with E-state index < -0.39 is 0 Å². The average Bonchev–Trinajstić information content (AvgIpc) is 3.27. The molecule has 3 aromatic rings. The van der Waals surface area contributed by atoms with Crippen LogP contribution in [0.3, 0.4) is 0 Å². The Morgan fingerprint density at radius 2 is 1.91 bits per heavy atom. The molecule has 1 amide bonds. The average molecular weight is 480 g/mol. The number of aromatic nitrogens is 2. The fraction of sp³-hybridized carbons (Fsp3) is 0.462. The van der Waals surface area contributed by atoms with Crippen LogP contribution < -0.4 is 16.0 Å². The van der Waals surface area contributed by atoms with Crippen molar-refractivity contribution in [2.24, 2.45) is 11.8 Å². The minimum atomic E-state index is 0.0840. The number of amides is 1. The van der Waals surface area contributed by atoms with Gasteiger partial charge in [-0.05, 0) is 70.6 Å². The van der Waals surface area contributed by atoms with Crippen LogP contribution in [0.15, 0.2) is 36.0 Å². The number of nitrogens with one attached hydrogen (secondary N) is 3. The summed E-state index contributed by atoms with van der Waals surface area (Å²) in [5.41, 5.74) is 5.18. The van der Waals surface area contributed by atoms with Crippen molar-refractivity contribution in [1.29, 1.82) is 0 Å². The number of benzene rings is 1. The van der Waals surface area contributed by atoms with Crippen molar-refractivity contribution in [2.75, 3.05) is 17.2 Å². The van der Waals surface area contributed by atoms with Crippen molar-refractivity contribution in [3.05, 3.63) is 41.5 Å². The standard InChI is InChI=1S/C26H33N5O2S/c1-4-27-26(33)18-7-5-17(6-8-18)11-23(32)20-14-28-25(13-22(20)30-16(2)3)31-19-9-10-21-24(12-19)34-15-29-21/h9-10,12-18H,4-8,11H2,1-3H3,(H,27,33)(H2,28,30,31). The summed E-state index contributed by atoms with van der Waals surface area (Å²) in [7, 11) is 0. The number of pyridine rings is 1. The molecular weight excluding hydrogens is 446 g/mol. The number of rotatable bonds is 9. The molecule has 7 nitrogen and oxygen atoms in total. The number of nitrogens with zero attached hydrogens (tertiary/aromatic N) is 2. The number of carbonyl (C=O) groups excluding carboxylic acids is 2. The van der Waals surface area contributed by atoms with Gasteiger partial charge < -0.3 is 16.0 Å². The molecule has 1 aliphatic carbocycles. The maximum Gasteiger partial charge on any atom is 0.223 e. The zero-order valence-corrected chi connectivity index (χ0v) is 20.9. The lowest BCUT2D eigenvalue weighted by molar-refractivity contribution is -0.126. The van der Waals surface area contributed by atoms with Gasteiger partial charge in [-0.25, -0.2) is 9.97 Å². The smallest absolute Gasteiger partial charge is 0.223 e. The molecule has 0 aliphatic heterocycles. The second-order valence-corrected chi connectivity index (χ2v) is 10.2. The summed E-state index contributed by atoms with van der Waals surface area (Å²) >= 11 is 1.60. The van der Waals surface area contributed by atoms with Crippen molar-refractivity contribution in [2.45, 2.75) is 58.9 Å². The Labute approximate surface area is 204 Å². The number of hydrogen-bond acceptors (Lipinski definition) is 7. The van der Waals surface area contributed by atoms with E-state index in [-0.39, 0.29) is 23.7 Å². The lowest BCUT2D eigenvalue weighted by Crippen LogP contribution is -2.33. The highest BCUT2D eigenvalue weighted by Gasteiger charge is 2.28. The summed E-state index contributed by atoms with van der Waals surface area (Å²) in [6.07, 6.45) is 5.70. The minimum Gasteiger partial charge on any atom is -0.382 e. The topological polar surface area (TPSA) is 96.0 Å². The Kier molecular flexibility index (Phi) is 7.77. The highest BCUT2D eigenvalue weighted by Crippen LogP contribution is 2.33. The van der Waals surface area contributed by atoms with Gasteiger partial charge in [0, 0.05) is 42.9 Å². The van der Waals surface area contributed by atoms with E-state index >= 15 is 0 Å². The van der Waals surface area contributed by atoms with Crippen LogP contribution in [0, 0.1) is 11.8 Å². The SMILES string of the molecule is CCNC(=O)C1CCC(CC(=O)c2cnc(Nc3ccc4ncsc4c3)cc2NC(C)C)CC1. The summed E-state index contributed by atoms with van der Waals surface area (Å²) < 4.78 is 1.11. The van der Waals surface area contributed by atoms with E-state index in [9.17, 15) is 9.59 Å². The van der Waals surface area contributed by atoms with Gasteiger partial charge in [0.1, 0.15) is 5.82 Å². The third kappa shape index (κ3) is 5.91.